The average molecular weight is 349 g/mol. The average Bonchev–Trinajstić information content (AvgIpc) is 2.50. The predicted octanol–water partition coefficient (Wildman–Crippen LogP) is 3.36. The molecule has 0 bridgehead atoms. The van der Waals surface area contributed by atoms with Crippen LogP contribution in [-0.2, 0) is 4.79 Å². The molecule has 0 atom stereocenters. The van der Waals surface area contributed by atoms with Gasteiger partial charge in [-0.25, -0.2) is 9.97 Å². The lowest BCUT2D eigenvalue weighted by Crippen LogP contribution is -2.30. The summed E-state index contributed by atoms with van der Waals surface area (Å²) in [6.07, 6.45) is 0.938. The minimum absolute atomic E-state index is 0.144. The van der Waals surface area contributed by atoms with Gasteiger partial charge in [0.25, 0.3) is 0 Å². The van der Waals surface area contributed by atoms with E-state index in [0.717, 1.165) is 22.7 Å². The number of nitrogens with zero attached hydrogens (tertiary/aromatic N) is 2. The van der Waals surface area contributed by atoms with E-state index in [1.54, 1.807) is 6.07 Å². The fourth-order valence-corrected chi connectivity index (χ4v) is 2.39. The van der Waals surface area contributed by atoms with E-state index in [-0.39, 0.29) is 5.91 Å². The van der Waals surface area contributed by atoms with Gasteiger partial charge >= 0.3 is 0 Å². The number of aromatic nitrogens is 2. The van der Waals surface area contributed by atoms with E-state index in [0.29, 0.717) is 30.4 Å². The van der Waals surface area contributed by atoms with E-state index < -0.39 is 0 Å². The molecule has 7 heteroatoms. The lowest BCUT2D eigenvalue weighted by Gasteiger charge is -2.10. The fourth-order valence-electron chi connectivity index (χ4n) is 2.16. The minimum Gasteiger partial charge on any atom is -0.493 e. The van der Waals surface area contributed by atoms with Crippen molar-refractivity contribution in [3.05, 3.63) is 46.2 Å². The first-order chi connectivity index (χ1) is 11.4. The summed E-state index contributed by atoms with van der Waals surface area (Å²) in [6, 6.07) is 7.32. The highest BCUT2D eigenvalue weighted by Crippen LogP contribution is 2.21. The molecule has 1 amide bonds. The third-order valence-corrected chi connectivity index (χ3v) is 3.47. The molecule has 0 radical (unpaired) electrons. The van der Waals surface area contributed by atoms with Crippen LogP contribution >= 0.6 is 11.6 Å². The molecule has 2 rings (SSSR count). The van der Waals surface area contributed by atoms with Crippen molar-refractivity contribution < 1.29 is 9.53 Å². The van der Waals surface area contributed by atoms with Gasteiger partial charge in [-0.3, -0.25) is 15.6 Å². The lowest BCUT2D eigenvalue weighted by molar-refractivity contribution is -0.120. The van der Waals surface area contributed by atoms with Crippen LogP contribution in [0.1, 0.15) is 29.8 Å². The van der Waals surface area contributed by atoms with Crippen molar-refractivity contribution in [1.29, 1.82) is 0 Å². The van der Waals surface area contributed by atoms with Crippen molar-refractivity contribution in [3.8, 4) is 5.75 Å². The van der Waals surface area contributed by atoms with Crippen LogP contribution < -0.4 is 15.6 Å². The Kier molecular flexibility index (Phi) is 6.37. The highest BCUT2D eigenvalue weighted by molar-refractivity contribution is 6.30. The SMILES string of the molecule is Cc1cc(C)nc(NNC(=O)CCCOc2ccc(Cl)cc2C)n1. The Morgan fingerprint density at radius 3 is 2.54 bits per heavy atom. The number of aryl methyl sites for hydroxylation is 3. The molecule has 0 saturated heterocycles. The summed E-state index contributed by atoms with van der Waals surface area (Å²) in [4.78, 5) is 20.2. The molecule has 1 heterocycles. The Balaban J connectivity index is 1.69. The Bertz CT molecular complexity index is 701. The summed E-state index contributed by atoms with van der Waals surface area (Å²) in [5.41, 5.74) is 7.96. The number of benzene rings is 1. The van der Waals surface area contributed by atoms with Gasteiger partial charge in [0.05, 0.1) is 6.61 Å². The summed E-state index contributed by atoms with van der Waals surface area (Å²) < 4.78 is 5.65. The molecule has 0 aliphatic carbocycles. The summed E-state index contributed by atoms with van der Waals surface area (Å²) in [5.74, 6) is 1.02. The van der Waals surface area contributed by atoms with Crippen LogP contribution in [0.15, 0.2) is 24.3 Å². The zero-order valence-electron chi connectivity index (χ0n) is 14.0. The van der Waals surface area contributed by atoms with Crippen LogP contribution in [0, 0.1) is 20.8 Å². The molecule has 24 heavy (non-hydrogen) atoms. The van der Waals surface area contributed by atoms with E-state index in [1.807, 2.05) is 39.0 Å². The number of carbonyl (C=O) groups is 1. The van der Waals surface area contributed by atoms with Crippen molar-refractivity contribution in [2.24, 2.45) is 0 Å². The van der Waals surface area contributed by atoms with Gasteiger partial charge in [0.15, 0.2) is 0 Å². The molecule has 0 aliphatic rings. The maximum atomic E-state index is 11.8. The Hall–Kier alpha value is -2.34. The molecule has 2 N–H and O–H groups in total. The number of hydrogen-bond acceptors (Lipinski definition) is 5. The number of ether oxygens (including phenoxy) is 1. The van der Waals surface area contributed by atoms with Crippen LogP contribution in [0.4, 0.5) is 5.95 Å². The number of amides is 1. The zero-order valence-corrected chi connectivity index (χ0v) is 14.8. The summed E-state index contributed by atoms with van der Waals surface area (Å²) in [5, 5.41) is 0.680. The maximum absolute atomic E-state index is 11.8. The quantitative estimate of drug-likeness (QED) is 0.592. The second-order valence-electron chi connectivity index (χ2n) is 5.51. The first-order valence-electron chi connectivity index (χ1n) is 7.70. The summed E-state index contributed by atoms with van der Waals surface area (Å²) >= 11 is 5.90. The summed E-state index contributed by atoms with van der Waals surface area (Å²) in [7, 11) is 0. The van der Waals surface area contributed by atoms with Crippen molar-refractivity contribution >= 4 is 23.5 Å². The van der Waals surface area contributed by atoms with Gasteiger partial charge in [-0.2, -0.15) is 0 Å². The Labute approximate surface area is 146 Å². The third kappa shape index (κ3) is 5.70. The topological polar surface area (TPSA) is 76.1 Å². The number of rotatable bonds is 7. The number of nitrogens with one attached hydrogen (secondary N) is 2. The van der Waals surface area contributed by atoms with E-state index in [1.165, 1.54) is 0 Å². The van der Waals surface area contributed by atoms with Gasteiger partial charge in [-0.1, -0.05) is 11.6 Å². The molecule has 128 valence electrons. The molecule has 2 aromatic rings. The third-order valence-electron chi connectivity index (χ3n) is 3.24. The lowest BCUT2D eigenvalue weighted by atomic mass is 10.2. The van der Waals surface area contributed by atoms with E-state index in [2.05, 4.69) is 20.8 Å². The molecule has 0 spiro atoms. The molecule has 0 unspecified atom stereocenters. The Morgan fingerprint density at radius 1 is 1.17 bits per heavy atom. The van der Waals surface area contributed by atoms with Gasteiger partial charge in [-0.05, 0) is 57.0 Å². The highest BCUT2D eigenvalue weighted by atomic mass is 35.5. The zero-order chi connectivity index (χ0) is 17.5. The van der Waals surface area contributed by atoms with Gasteiger partial charge in [-0.15, -0.1) is 0 Å². The van der Waals surface area contributed by atoms with Gasteiger partial charge in [0.1, 0.15) is 5.75 Å². The molecule has 0 aliphatic heterocycles. The number of anilines is 1. The minimum atomic E-state index is -0.144. The number of hydrogen-bond donors (Lipinski definition) is 2. The van der Waals surface area contributed by atoms with Gasteiger partial charge < -0.3 is 4.74 Å². The van der Waals surface area contributed by atoms with Crippen LogP contribution in [-0.4, -0.2) is 22.5 Å². The number of carbonyl (C=O) groups excluding carboxylic acids is 1. The van der Waals surface area contributed by atoms with E-state index >= 15 is 0 Å². The van der Waals surface area contributed by atoms with Crippen molar-refractivity contribution in [1.82, 2.24) is 15.4 Å². The normalized spacial score (nSPS) is 10.3. The first-order valence-corrected chi connectivity index (χ1v) is 8.08. The molecular formula is C17H21ClN4O2. The maximum Gasteiger partial charge on any atom is 0.242 e. The fraction of sp³-hybridized carbons (Fsp3) is 0.353. The van der Waals surface area contributed by atoms with Crippen molar-refractivity contribution in [2.45, 2.75) is 33.6 Å². The van der Waals surface area contributed by atoms with Crippen LogP contribution in [0.25, 0.3) is 0 Å². The largest absolute Gasteiger partial charge is 0.493 e. The molecular weight excluding hydrogens is 328 g/mol. The number of halogens is 1. The van der Waals surface area contributed by atoms with Crippen molar-refractivity contribution in [3.63, 3.8) is 0 Å². The van der Waals surface area contributed by atoms with Gasteiger partial charge in [0.2, 0.25) is 11.9 Å². The monoisotopic (exact) mass is 348 g/mol. The molecule has 1 aromatic carbocycles. The van der Waals surface area contributed by atoms with Crippen LogP contribution in [0.2, 0.25) is 5.02 Å². The standard InChI is InChI=1S/C17H21ClN4O2/c1-11-9-14(18)6-7-15(11)24-8-4-5-16(23)21-22-17-19-12(2)10-13(3)20-17/h6-7,9-10H,4-5,8H2,1-3H3,(H,21,23)(H,19,20,22). The highest BCUT2D eigenvalue weighted by Gasteiger charge is 2.05. The van der Waals surface area contributed by atoms with Crippen LogP contribution in [0.3, 0.4) is 0 Å². The van der Waals surface area contributed by atoms with Gasteiger partial charge in [0, 0.05) is 22.8 Å². The predicted molar refractivity (Wildman–Crippen MR) is 94.2 cm³/mol. The molecule has 0 fully saturated rings. The van der Waals surface area contributed by atoms with E-state index in [9.17, 15) is 4.79 Å². The molecule has 1 aromatic heterocycles. The van der Waals surface area contributed by atoms with Crippen molar-refractivity contribution in [2.75, 3.05) is 12.0 Å². The first kappa shape index (κ1) is 18.0. The summed E-state index contributed by atoms with van der Waals surface area (Å²) in [6.45, 7) is 6.13. The number of hydrazine groups is 1. The molecule has 6 nitrogen and oxygen atoms in total. The Morgan fingerprint density at radius 2 is 1.88 bits per heavy atom. The van der Waals surface area contributed by atoms with Crippen LogP contribution in [0.5, 0.6) is 5.75 Å². The smallest absolute Gasteiger partial charge is 0.242 e. The molecule has 0 saturated carbocycles. The second kappa shape index (κ2) is 8.49. The second-order valence-corrected chi connectivity index (χ2v) is 5.95. The van der Waals surface area contributed by atoms with E-state index in [4.69, 9.17) is 16.3 Å².